The molecule has 1 aliphatic rings. The van der Waals surface area contributed by atoms with Crippen molar-refractivity contribution < 1.29 is 10.2 Å². The lowest BCUT2D eigenvalue weighted by molar-refractivity contribution is 0.148. The predicted molar refractivity (Wildman–Crippen MR) is 57.8 cm³/mol. The van der Waals surface area contributed by atoms with Crippen molar-refractivity contribution in [1.82, 2.24) is 0 Å². The largest absolute Gasteiger partial charge is 0.508 e. The molecule has 0 saturated heterocycles. The molecule has 0 aliphatic heterocycles. The van der Waals surface area contributed by atoms with Crippen LogP contribution in [0.15, 0.2) is 17.0 Å². The monoisotopic (exact) mass is 210 g/mol. The summed E-state index contributed by atoms with van der Waals surface area (Å²) < 4.78 is 0. The molecule has 1 fully saturated rings. The van der Waals surface area contributed by atoms with Crippen molar-refractivity contribution in [2.24, 2.45) is 0 Å². The molecule has 76 valence electrons. The first-order valence-electron chi connectivity index (χ1n) is 4.67. The SMILES string of the molecule is CSc1cc(C)c(O)cc1C1(O)CC1. The van der Waals surface area contributed by atoms with Gasteiger partial charge in [0.1, 0.15) is 5.75 Å². The first-order valence-corrected chi connectivity index (χ1v) is 5.90. The maximum atomic E-state index is 10.0. The smallest absolute Gasteiger partial charge is 0.118 e. The van der Waals surface area contributed by atoms with E-state index in [1.807, 2.05) is 19.2 Å². The van der Waals surface area contributed by atoms with Gasteiger partial charge >= 0.3 is 0 Å². The van der Waals surface area contributed by atoms with Crippen LogP contribution in [0.4, 0.5) is 0 Å². The van der Waals surface area contributed by atoms with Crippen molar-refractivity contribution in [1.29, 1.82) is 0 Å². The minimum absolute atomic E-state index is 0.276. The Morgan fingerprint density at radius 3 is 2.50 bits per heavy atom. The van der Waals surface area contributed by atoms with E-state index in [-0.39, 0.29) is 5.75 Å². The topological polar surface area (TPSA) is 40.5 Å². The molecular weight excluding hydrogens is 196 g/mol. The summed E-state index contributed by atoms with van der Waals surface area (Å²) in [5, 5.41) is 19.6. The Morgan fingerprint density at radius 1 is 1.36 bits per heavy atom. The van der Waals surface area contributed by atoms with Gasteiger partial charge < -0.3 is 10.2 Å². The summed E-state index contributed by atoms with van der Waals surface area (Å²) in [6.07, 6.45) is 3.60. The number of aliphatic hydroxyl groups is 1. The van der Waals surface area contributed by atoms with E-state index in [4.69, 9.17) is 0 Å². The molecular formula is C11H14O2S. The van der Waals surface area contributed by atoms with Crippen molar-refractivity contribution >= 4 is 11.8 Å². The number of aryl methyl sites for hydroxylation is 1. The lowest BCUT2D eigenvalue weighted by atomic mass is 10.0. The second-order valence-electron chi connectivity index (χ2n) is 3.87. The van der Waals surface area contributed by atoms with Gasteiger partial charge in [0, 0.05) is 10.5 Å². The molecule has 1 aromatic carbocycles. The van der Waals surface area contributed by atoms with Crippen LogP contribution < -0.4 is 0 Å². The highest BCUT2D eigenvalue weighted by Crippen LogP contribution is 2.49. The summed E-state index contributed by atoms with van der Waals surface area (Å²) in [7, 11) is 0. The van der Waals surface area contributed by atoms with E-state index in [0.717, 1.165) is 28.9 Å². The zero-order valence-electron chi connectivity index (χ0n) is 8.37. The van der Waals surface area contributed by atoms with Crippen molar-refractivity contribution in [3.63, 3.8) is 0 Å². The third-order valence-corrected chi connectivity index (χ3v) is 3.52. The molecule has 2 rings (SSSR count). The Balaban J connectivity index is 2.52. The summed E-state index contributed by atoms with van der Waals surface area (Å²) in [4.78, 5) is 1.07. The highest BCUT2D eigenvalue weighted by atomic mass is 32.2. The molecule has 2 nitrogen and oxygen atoms in total. The summed E-state index contributed by atoms with van der Waals surface area (Å²) >= 11 is 1.61. The molecule has 3 heteroatoms. The van der Waals surface area contributed by atoms with Gasteiger partial charge in [-0.05, 0) is 43.7 Å². The molecule has 0 heterocycles. The molecule has 0 aromatic heterocycles. The number of aromatic hydroxyl groups is 1. The summed E-state index contributed by atoms with van der Waals surface area (Å²) in [5.74, 6) is 0.276. The molecule has 14 heavy (non-hydrogen) atoms. The van der Waals surface area contributed by atoms with Crippen LogP contribution in [0.1, 0.15) is 24.0 Å². The van der Waals surface area contributed by atoms with Gasteiger partial charge in [-0.25, -0.2) is 0 Å². The van der Waals surface area contributed by atoms with Gasteiger partial charge in [0.2, 0.25) is 0 Å². The van der Waals surface area contributed by atoms with Gasteiger partial charge in [0.25, 0.3) is 0 Å². The highest BCUT2D eigenvalue weighted by Gasteiger charge is 2.43. The van der Waals surface area contributed by atoms with E-state index in [1.165, 1.54) is 0 Å². The molecule has 0 spiro atoms. The van der Waals surface area contributed by atoms with Crippen LogP contribution in [-0.4, -0.2) is 16.5 Å². The molecule has 0 atom stereocenters. The van der Waals surface area contributed by atoms with E-state index in [2.05, 4.69) is 0 Å². The standard InChI is InChI=1S/C11H14O2S/c1-7-5-10(14-2)8(6-9(7)12)11(13)3-4-11/h5-6,12-13H,3-4H2,1-2H3. The van der Waals surface area contributed by atoms with Crippen LogP contribution in [0, 0.1) is 6.92 Å². The van der Waals surface area contributed by atoms with E-state index in [1.54, 1.807) is 17.8 Å². The minimum atomic E-state index is -0.663. The Labute approximate surface area is 88.0 Å². The van der Waals surface area contributed by atoms with Gasteiger partial charge in [-0.3, -0.25) is 0 Å². The van der Waals surface area contributed by atoms with Crippen LogP contribution in [0.25, 0.3) is 0 Å². The fourth-order valence-electron chi connectivity index (χ4n) is 1.59. The number of phenols is 1. The Bertz CT molecular complexity index is 370. The molecule has 0 radical (unpaired) electrons. The van der Waals surface area contributed by atoms with Gasteiger partial charge in [0.05, 0.1) is 5.60 Å². The first-order chi connectivity index (χ1) is 6.57. The number of hydrogen-bond donors (Lipinski definition) is 2. The fraction of sp³-hybridized carbons (Fsp3) is 0.455. The number of benzene rings is 1. The maximum absolute atomic E-state index is 10.0. The summed E-state index contributed by atoms with van der Waals surface area (Å²) in [6.45, 7) is 1.87. The van der Waals surface area contributed by atoms with Crippen molar-refractivity contribution in [2.75, 3.05) is 6.26 Å². The molecule has 0 unspecified atom stereocenters. The number of hydrogen-bond acceptors (Lipinski definition) is 3. The van der Waals surface area contributed by atoms with E-state index in [0.29, 0.717) is 0 Å². The Morgan fingerprint density at radius 2 is 2.00 bits per heavy atom. The number of rotatable bonds is 2. The lowest BCUT2D eigenvalue weighted by Gasteiger charge is -2.14. The zero-order valence-corrected chi connectivity index (χ0v) is 9.19. The van der Waals surface area contributed by atoms with Crippen molar-refractivity contribution in [3.8, 4) is 5.75 Å². The number of phenolic OH excluding ortho intramolecular Hbond substituents is 1. The van der Waals surface area contributed by atoms with Crippen LogP contribution in [0.5, 0.6) is 5.75 Å². The molecule has 0 amide bonds. The average molecular weight is 210 g/mol. The fourth-order valence-corrected chi connectivity index (χ4v) is 2.35. The second-order valence-corrected chi connectivity index (χ2v) is 4.72. The molecule has 1 aromatic rings. The maximum Gasteiger partial charge on any atom is 0.118 e. The van der Waals surface area contributed by atoms with Crippen LogP contribution >= 0.6 is 11.8 Å². The van der Waals surface area contributed by atoms with E-state index >= 15 is 0 Å². The van der Waals surface area contributed by atoms with Gasteiger partial charge in [-0.15, -0.1) is 11.8 Å². The van der Waals surface area contributed by atoms with Gasteiger partial charge in [0.15, 0.2) is 0 Å². The summed E-state index contributed by atoms with van der Waals surface area (Å²) in [5.41, 5.74) is 1.08. The quantitative estimate of drug-likeness (QED) is 0.736. The summed E-state index contributed by atoms with van der Waals surface area (Å²) in [6, 6.07) is 3.64. The second kappa shape index (κ2) is 3.17. The molecule has 2 N–H and O–H groups in total. The zero-order chi connectivity index (χ0) is 10.3. The van der Waals surface area contributed by atoms with E-state index in [9.17, 15) is 10.2 Å². The minimum Gasteiger partial charge on any atom is -0.508 e. The normalized spacial score (nSPS) is 18.2. The lowest BCUT2D eigenvalue weighted by Crippen LogP contribution is -2.06. The average Bonchev–Trinajstić information content (AvgIpc) is 2.89. The molecule has 1 saturated carbocycles. The third kappa shape index (κ3) is 1.51. The predicted octanol–water partition coefficient (Wildman–Crippen LogP) is 2.40. The Hall–Kier alpha value is -0.670. The Kier molecular flexibility index (Phi) is 2.24. The first kappa shape index (κ1) is 9.87. The van der Waals surface area contributed by atoms with E-state index < -0.39 is 5.60 Å². The molecule has 0 bridgehead atoms. The van der Waals surface area contributed by atoms with Crippen LogP contribution in [-0.2, 0) is 5.60 Å². The van der Waals surface area contributed by atoms with Crippen LogP contribution in [0.2, 0.25) is 0 Å². The number of thioether (sulfide) groups is 1. The van der Waals surface area contributed by atoms with Crippen molar-refractivity contribution in [3.05, 3.63) is 23.3 Å². The third-order valence-electron chi connectivity index (χ3n) is 2.74. The van der Waals surface area contributed by atoms with Gasteiger partial charge in [-0.1, -0.05) is 0 Å². The molecule has 1 aliphatic carbocycles. The van der Waals surface area contributed by atoms with Gasteiger partial charge in [-0.2, -0.15) is 0 Å². The highest BCUT2D eigenvalue weighted by molar-refractivity contribution is 7.98. The van der Waals surface area contributed by atoms with Crippen molar-refractivity contribution in [2.45, 2.75) is 30.3 Å². The van der Waals surface area contributed by atoms with Crippen LogP contribution in [0.3, 0.4) is 0 Å².